The molecule has 0 unspecified atom stereocenters. The fraction of sp³-hybridized carbons (Fsp3) is 0.429. The number of fused-ring (bicyclic) bond motifs is 1. The largest absolute Gasteiger partial charge is 0.383 e. The molecule has 0 amide bonds. The Kier molecular flexibility index (Phi) is 5.06. The highest BCUT2D eigenvalue weighted by molar-refractivity contribution is 5.78. The van der Waals surface area contributed by atoms with Crippen LogP contribution in [-0.4, -0.2) is 50.4 Å². The minimum absolute atomic E-state index is 0.732. The maximum Gasteiger partial charge on any atom is 0.225 e. The minimum Gasteiger partial charge on any atom is -0.383 e. The number of benzene rings is 1. The number of ether oxygens (including phenoxy) is 1. The van der Waals surface area contributed by atoms with Crippen molar-refractivity contribution < 1.29 is 4.74 Å². The molecule has 102 valence electrons. The number of anilines is 1. The molecule has 5 nitrogen and oxygen atoms in total. The second-order valence-electron chi connectivity index (χ2n) is 4.39. The van der Waals surface area contributed by atoms with Crippen molar-refractivity contribution in [3.8, 4) is 0 Å². The Morgan fingerprint density at radius 3 is 2.95 bits per heavy atom. The van der Waals surface area contributed by atoms with Gasteiger partial charge in [-0.2, -0.15) is 0 Å². The highest BCUT2D eigenvalue weighted by atomic mass is 16.5. The predicted octanol–water partition coefficient (Wildman–Crippen LogP) is 1.30. The third-order valence-corrected chi connectivity index (χ3v) is 2.92. The molecule has 1 heterocycles. The molecule has 5 heteroatoms. The summed E-state index contributed by atoms with van der Waals surface area (Å²) in [5.74, 6) is 0.757. The van der Waals surface area contributed by atoms with Crippen molar-refractivity contribution in [3.63, 3.8) is 0 Å². The third kappa shape index (κ3) is 3.87. The van der Waals surface area contributed by atoms with E-state index in [9.17, 15) is 0 Å². The Labute approximate surface area is 113 Å². The van der Waals surface area contributed by atoms with Crippen LogP contribution < -0.4 is 10.2 Å². The first kappa shape index (κ1) is 13.7. The first-order valence-electron chi connectivity index (χ1n) is 6.44. The van der Waals surface area contributed by atoms with E-state index in [2.05, 4.69) is 15.3 Å². The number of nitrogens with zero attached hydrogens (tertiary/aromatic N) is 3. The lowest BCUT2D eigenvalue weighted by molar-refractivity contribution is 0.200. The molecule has 0 spiro atoms. The summed E-state index contributed by atoms with van der Waals surface area (Å²) in [6.07, 6.45) is 1.87. The number of aromatic nitrogens is 2. The van der Waals surface area contributed by atoms with E-state index in [-0.39, 0.29) is 0 Å². The van der Waals surface area contributed by atoms with Gasteiger partial charge < -0.3 is 15.0 Å². The summed E-state index contributed by atoms with van der Waals surface area (Å²) in [6, 6.07) is 8.01. The van der Waals surface area contributed by atoms with Crippen LogP contribution >= 0.6 is 0 Å². The maximum absolute atomic E-state index is 4.98. The van der Waals surface area contributed by atoms with Gasteiger partial charge in [0.1, 0.15) is 0 Å². The zero-order valence-electron chi connectivity index (χ0n) is 11.5. The molecular weight excluding hydrogens is 240 g/mol. The smallest absolute Gasteiger partial charge is 0.225 e. The first-order valence-corrected chi connectivity index (χ1v) is 6.44. The molecular formula is C14H20N4O. The average molecular weight is 260 g/mol. The molecule has 2 rings (SSSR count). The Balaban J connectivity index is 1.91. The van der Waals surface area contributed by atoms with Crippen LogP contribution in [0.25, 0.3) is 10.9 Å². The summed E-state index contributed by atoms with van der Waals surface area (Å²) in [4.78, 5) is 11.0. The van der Waals surface area contributed by atoms with E-state index in [4.69, 9.17) is 4.74 Å². The van der Waals surface area contributed by atoms with Gasteiger partial charge in [-0.05, 0) is 6.07 Å². The van der Waals surface area contributed by atoms with Gasteiger partial charge in [0.25, 0.3) is 0 Å². The molecule has 0 atom stereocenters. The number of nitrogens with one attached hydrogen (secondary N) is 1. The van der Waals surface area contributed by atoms with Crippen molar-refractivity contribution in [1.82, 2.24) is 15.3 Å². The molecule has 0 saturated heterocycles. The normalized spacial score (nSPS) is 10.8. The second-order valence-corrected chi connectivity index (χ2v) is 4.39. The Hall–Kier alpha value is -1.72. The lowest BCUT2D eigenvalue weighted by atomic mass is 10.2. The predicted molar refractivity (Wildman–Crippen MR) is 77.6 cm³/mol. The topological polar surface area (TPSA) is 50.3 Å². The Morgan fingerprint density at radius 1 is 1.26 bits per heavy atom. The van der Waals surface area contributed by atoms with Crippen LogP contribution in [0.1, 0.15) is 0 Å². The molecule has 0 radical (unpaired) electrons. The number of para-hydroxylation sites is 1. The number of rotatable bonds is 7. The van der Waals surface area contributed by atoms with Crippen molar-refractivity contribution in [3.05, 3.63) is 30.5 Å². The van der Waals surface area contributed by atoms with E-state index in [1.165, 1.54) is 0 Å². The van der Waals surface area contributed by atoms with Crippen molar-refractivity contribution in [2.45, 2.75) is 0 Å². The van der Waals surface area contributed by atoms with Crippen molar-refractivity contribution >= 4 is 16.9 Å². The van der Waals surface area contributed by atoms with Gasteiger partial charge in [-0.15, -0.1) is 0 Å². The quantitative estimate of drug-likeness (QED) is 0.761. The third-order valence-electron chi connectivity index (χ3n) is 2.92. The molecule has 0 aliphatic rings. The van der Waals surface area contributed by atoms with E-state index in [0.717, 1.165) is 43.1 Å². The fourth-order valence-corrected chi connectivity index (χ4v) is 1.79. The summed E-state index contributed by atoms with van der Waals surface area (Å²) in [6.45, 7) is 3.34. The van der Waals surface area contributed by atoms with Crippen LogP contribution in [0.3, 0.4) is 0 Å². The first-order chi connectivity index (χ1) is 9.31. The lowest BCUT2D eigenvalue weighted by Crippen LogP contribution is -2.31. The SMILES string of the molecule is COCCNCCN(C)c1ncc2ccccc2n1. The zero-order valence-corrected chi connectivity index (χ0v) is 11.5. The van der Waals surface area contributed by atoms with E-state index < -0.39 is 0 Å². The number of hydrogen-bond donors (Lipinski definition) is 1. The molecule has 0 fully saturated rings. The number of likely N-dealkylation sites (N-methyl/N-ethyl adjacent to an activating group) is 1. The molecule has 19 heavy (non-hydrogen) atoms. The van der Waals surface area contributed by atoms with Crippen molar-refractivity contribution in [2.24, 2.45) is 0 Å². The molecule has 0 bridgehead atoms. The summed E-state index contributed by atoms with van der Waals surface area (Å²) < 4.78 is 4.98. The molecule has 0 saturated carbocycles. The van der Waals surface area contributed by atoms with Crippen LogP contribution in [0, 0.1) is 0 Å². The summed E-state index contributed by atoms with van der Waals surface area (Å²) >= 11 is 0. The van der Waals surface area contributed by atoms with Crippen molar-refractivity contribution in [1.29, 1.82) is 0 Å². The highest BCUT2D eigenvalue weighted by Gasteiger charge is 2.04. The van der Waals surface area contributed by atoms with Crippen LogP contribution in [0.4, 0.5) is 5.95 Å². The van der Waals surface area contributed by atoms with Crippen LogP contribution in [0.15, 0.2) is 30.5 Å². The van der Waals surface area contributed by atoms with Crippen LogP contribution in [-0.2, 0) is 4.74 Å². The van der Waals surface area contributed by atoms with Gasteiger partial charge in [0, 0.05) is 45.4 Å². The Bertz CT molecular complexity index is 518. The molecule has 0 aliphatic heterocycles. The fourth-order valence-electron chi connectivity index (χ4n) is 1.79. The van der Waals surface area contributed by atoms with Gasteiger partial charge >= 0.3 is 0 Å². The molecule has 1 aromatic carbocycles. The molecule has 0 aliphatic carbocycles. The second kappa shape index (κ2) is 7.01. The number of methoxy groups -OCH3 is 1. The Morgan fingerprint density at radius 2 is 2.11 bits per heavy atom. The van der Waals surface area contributed by atoms with E-state index in [1.807, 2.05) is 42.4 Å². The highest BCUT2D eigenvalue weighted by Crippen LogP contribution is 2.13. The van der Waals surface area contributed by atoms with Gasteiger partial charge in [-0.25, -0.2) is 9.97 Å². The lowest BCUT2D eigenvalue weighted by Gasteiger charge is -2.17. The summed E-state index contributed by atoms with van der Waals surface area (Å²) in [5.41, 5.74) is 0.978. The average Bonchev–Trinajstić information content (AvgIpc) is 2.46. The number of hydrogen-bond acceptors (Lipinski definition) is 5. The molecule has 1 N–H and O–H groups in total. The molecule has 2 aromatic rings. The van der Waals surface area contributed by atoms with Gasteiger partial charge in [0.05, 0.1) is 12.1 Å². The van der Waals surface area contributed by atoms with E-state index in [0.29, 0.717) is 0 Å². The van der Waals surface area contributed by atoms with Gasteiger partial charge in [0.15, 0.2) is 0 Å². The van der Waals surface area contributed by atoms with Crippen LogP contribution in [0.2, 0.25) is 0 Å². The monoisotopic (exact) mass is 260 g/mol. The van der Waals surface area contributed by atoms with Crippen LogP contribution in [0.5, 0.6) is 0 Å². The van der Waals surface area contributed by atoms with Crippen molar-refractivity contribution in [2.75, 3.05) is 45.3 Å². The van der Waals surface area contributed by atoms with Gasteiger partial charge in [-0.3, -0.25) is 0 Å². The van der Waals surface area contributed by atoms with Gasteiger partial charge in [-0.1, -0.05) is 18.2 Å². The molecule has 1 aromatic heterocycles. The maximum atomic E-state index is 4.98. The summed E-state index contributed by atoms with van der Waals surface area (Å²) in [7, 11) is 3.71. The summed E-state index contributed by atoms with van der Waals surface area (Å²) in [5, 5.41) is 4.37. The minimum atomic E-state index is 0.732. The van der Waals surface area contributed by atoms with Gasteiger partial charge in [0.2, 0.25) is 5.95 Å². The van der Waals surface area contributed by atoms with E-state index in [1.54, 1.807) is 7.11 Å². The zero-order chi connectivity index (χ0) is 13.5. The standard InChI is InChI=1S/C14H20N4O/c1-18(9-7-15-8-10-19-2)14-16-11-12-5-3-4-6-13(12)17-14/h3-6,11,15H,7-10H2,1-2H3. The van der Waals surface area contributed by atoms with E-state index >= 15 is 0 Å².